The van der Waals surface area contributed by atoms with E-state index in [1.165, 1.54) is 0 Å². The maximum atomic E-state index is 12.3. The second-order valence-corrected chi connectivity index (χ2v) is 6.68. The Morgan fingerprint density at radius 3 is 2.90 bits per heavy atom. The third kappa shape index (κ3) is 3.79. The molecule has 0 aliphatic rings. The Kier molecular flexibility index (Phi) is 5.30. The van der Waals surface area contributed by atoms with E-state index < -0.39 is 0 Å². The molecular weight excluding hydrogens is 304 g/mol. The molecule has 5 nitrogen and oxygen atoms in total. The SMILES string of the molecule is CC(C)CCNC(=O)C(C)n1c(-c2cccs2)n[nH]c1=S. The van der Waals surface area contributed by atoms with Crippen molar-refractivity contribution in [3.05, 3.63) is 22.3 Å². The van der Waals surface area contributed by atoms with Crippen LogP contribution in [0.3, 0.4) is 0 Å². The van der Waals surface area contributed by atoms with Gasteiger partial charge in [-0.25, -0.2) is 0 Å². The highest BCUT2D eigenvalue weighted by Gasteiger charge is 2.20. The van der Waals surface area contributed by atoms with Gasteiger partial charge in [0, 0.05) is 6.54 Å². The Morgan fingerprint density at radius 1 is 1.52 bits per heavy atom. The Morgan fingerprint density at radius 2 is 2.29 bits per heavy atom. The van der Waals surface area contributed by atoms with Gasteiger partial charge in [0.25, 0.3) is 0 Å². The van der Waals surface area contributed by atoms with E-state index in [9.17, 15) is 4.79 Å². The molecule has 2 N–H and O–H groups in total. The molecule has 2 heterocycles. The van der Waals surface area contributed by atoms with E-state index >= 15 is 0 Å². The zero-order chi connectivity index (χ0) is 15.4. The molecule has 2 rings (SSSR count). The molecule has 1 amide bonds. The summed E-state index contributed by atoms with van der Waals surface area (Å²) in [7, 11) is 0. The molecule has 0 bridgehead atoms. The van der Waals surface area contributed by atoms with Crippen LogP contribution in [-0.2, 0) is 4.79 Å². The molecule has 0 aliphatic heterocycles. The number of carbonyl (C=O) groups is 1. The lowest BCUT2D eigenvalue weighted by Gasteiger charge is -2.15. The van der Waals surface area contributed by atoms with Crippen LogP contribution >= 0.6 is 23.6 Å². The first-order valence-corrected chi connectivity index (χ1v) is 8.28. The van der Waals surface area contributed by atoms with Crippen LogP contribution in [0.5, 0.6) is 0 Å². The Hall–Kier alpha value is -1.47. The number of carbonyl (C=O) groups excluding carboxylic acids is 1. The minimum atomic E-state index is -0.388. The number of nitrogens with zero attached hydrogens (tertiary/aromatic N) is 2. The van der Waals surface area contributed by atoms with Crippen molar-refractivity contribution in [3.8, 4) is 10.7 Å². The summed E-state index contributed by atoms with van der Waals surface area (Å²) in [5.41, 5.74) is 0. The lowest BCUT2D eigenvalue weighted by molar-refractivity contribution is -0.123. The van der Waals surface area contributed by atoms with Gasteiger partial charge in [-0.1, -0.05) is 19.9 Å². The average molecular weight is 324 g/mol. The molecular formula is C14H20N4OS2. The minimum absolute atomic E-state index is 0.0362. The first-order chi connectivity index (χ1) is 10.0. The van der Waals surface area contributed by atoms with E-state index in [2.05, 4.69) is 29.4 Å². The highest BCUT2D eigenvalue weighted by atomic mass is 32.1. The van der Waals surface area contributed by atoms with Crippen LogP contribution in [0.15, 0.2) is 17.5 Å². The van der Waals surface area contributed by atoms with Crippen LogP contribution in [0, 0.1) is 10.7 Å². The van der Waals surface area contributed by atoms with Crippen molar-refractivity contribution in [3.63, 3.8) is 0 Å². The molecule has 2 aromatic heterocycles. The van der Waals surface area contributed by atoms with Crippen LogP contribution in [-0.4, -0.2) is 27.2 Å². The molecule has 2 aromatic rings. The zero-order valence-corrected chi connectivity index (χ0v) is 14.1. The number of thiophene rings is 1. The highest BCUT2D eigenvalue weighted by Crippen LogP contribution is 2.25. The highest BCUT2D eigenvalue weighted by molar-refractivity contribution is 7.71. The van der Waals surface area contributed by atoms with Crippen LogP contribution in [0.4, 0.5) is 0 Å². The number of hydrogen-bond acceptors (Lipinski definition) is 4. The van der Waals surface area contributed by atoms with Gasteiger partial charge in [-0.3, -0.25) is 14.5 Å². The predicted molar refractivity (Wildman–Crippen MR) is 87.9 cm³/mol. The molecule has 1 atom stereocenters. The predicted octanol–water partition coefficient (Wildman–Crippen LogP) is 3.39. The lowest BCUT2D eigenvalue weighted by Crippen LogP contribution is -2.32. The molecule has 0 spiro atoms. The summed E-state index contributed by atoms with van der Waals surface area (Å²) in [5, 5.41) is 12.0. The molecule has 0 radical (unpaired) electrons. The van der Waals surface area contributed by atoms with Crippen LogP contribution in [0.25, 0.3) is 10.7 Å². The van der Waals surface area contributed by atoms with Gasteiger partial charge < -0.3 is 5.32 Å². The summed E-state index contributed by atoms with van der Waals surface area (Å²) < 4.78 is 2.23. The zero-order valence-electron chi connectivity index (χ0n) is 12.4. The van der Waals surface area contributed by atoms with Crippen molar-refractivity contribution < 1.29 is 4.79 Å². The van der Waals surface area contributed by atoms with E-state index in [0.29, 0.717) is 23.1 Å². The molecule has 0 fully saturated rings. The van der Waals surface area contributed by atoms with E-state index in [1.807, 2.05) is 24.4 Å². The molecule has 21 heavy (non-hydrogen) atoms. The van der Waals surface area contributed by atoms with Crippen molar-refractivity contribution in [1.82, 2.24) is 20.1 Å². The fourth-order valence-electron chi connectivity index (χ4n) is 1.99. The van der Waals surface area contributed by atoms with Gasteiger partial charge in [-0.2, -0.15) is 5.10 Å². The first kappa shape index (κ1) is 15.9. The minimum Gasteiger partial charge on any atom is -0.354 e. The van der Waals surface area contributed by atoms with Gasteiger partial charge in [0.1, 0.15) is 6.04 Å². The van der Waals surface area contributed by atoms with Gasteiger partial charge in [0.15, 0.2) is 10.6 Å². The molecule has 0 saturated heterocycles. The fraction of sp³-hybridized carbons (Fsp3) is 0.500. The summed E-state index contributed by atoms with van der Waals surface area (Å²) in [5.74, 6) is 1.24. The number of H-pyrrole nitrogens is 1. The lowest BCUT2D eigenvalue weighted by atomic mass is 10.1. The Labute approximate surface area is 133 Å². The van der Waals surface area contributed by atoms with Gasteiger partial charge >= 0.3 is 0 Å². The monoisotopic (exact) mass is 324 g/mol. The van der Waals surface area contributed by atoms with E-state index in [-0.39, 0.29) is 11.9 Å². The summed E-state index contributed by atoms with van der Waals surface area (Å²) >= 11 is 6.84. The van der Waals surface area contributed by atoms with E-state index in [4.69, 9.17) is 12.2 Å². The summed E-state index contributed by atoms with van der Waals surface area (Å²) in [6.07, 6.45) is 0.965. The normalized spacial score (nSPS) is 12.6. The largest absolute Gasteiger partial charge is 0.354 e. The number of aromatic nitrogens is 3. The smallest absolute Gasteiger partial charge is 0.242 e. The second kappa shape index (κ2) is 7.00. The standard InChI is InChI=1S/C14H20N4OS2/c1-9(2)6-7-15-13(19)10(3)18-12(16-17-14(18)20)11-5-4-8-21-11/h4-5,8-10H,6-7H2,1-3H3,(H,15,19)(H,17,20). The maximum Gasteiger partial charge on any atom is 0.242 e. The molecule has 1 unspecified atom stereocenters. The fourth-order valence-corrected chi connectivity index (χ4v) is 2.99. The Balaban J connectivity index is 2.16. The summed E-state index contributed by atoms with van der Waals surface area (Å²) in [4.78, 5) is 13.3. The number of hydrogen-bond donors (Lipinski definition) is 2. The molecule has 0 aromatic carbocycles. The summed E-state index contributed by atoms with van der Waals surface area (Å²) in [6, 6.07) is 3.53. The number of aromatic amines is 1. The van der Waals surface area contributed by atoms with Crippen molar-refractivity contribution in [2.75, 3.05) is 6.54 Å². The number of rotatable bonds is 6. The topological polar surface area (TPSA) is 62.7 Å². The average Bonchev–Trinajstić information content (AvgIpc) is 3.06. The first-order valence-electron chi connectivity index (χ1n) is 6.99. The van der Waals surface area contributed by atoms with Gasteiger partial charge in [-0.15, -0.1) is 11.3 Å². The Bertz CT molecular complexity index is 642. The quantitative estimate of drug-likeness (QED) is 0.801. The molecule has 0 saturated carbocycles. The van der Waals surface area contributed by atoms with Gasteiger partial charge in [0.05, 0.1) is 4.88 Å². The molecule has 114 valence electrons. The van der Waals surface area contributed by atoms with Crippen LogP contribution in [0.2, 0.25) is 0 Å². The van der Waals surface area contributed by atoms with Gasteiger partial charge in [0.2, 0.25) is 5.91 Å². The molecule has 0 aliphatic carbocycles. The van der Waals surface area contributed by atoms with Gasteiger partial charge in [-0.05, 0) is 42.9 Å². The third-order valence-electron chi connectivity index (χ3n) is 3.23. The number of amides is 1. The van der Waals surface area contributed by atoms with Crippen molar-refractivity contribution in [2.45, 2.75) is 33.2 Å². The van der Waals surface area contributed by atoms with E-state index in [0.717, 1.165) is 11.3 Å². The van der Waals surface area contributed by atoms with E-state index in [1.54, 1.807) is 15.9 Å². The maximum absolute atomic E-state index is 12.3. The van der Waals surface area contributed by atoms with Crippen LogP contribution in [0.1, 0.15) is 33.2 Å². The van der Waals surface area contributed by atoms with Crippen molar-refractivity contribution in [2.24, 2.45) is 5.92 Å². The molecule has 7 heteroatoms. The van der Waals surface area contributed by atoms with Crippen molar-refractivity contribution in [1.29, 1.82) is 0 Å². The van der Waals surface area contributed by atoms with Crippen molar-refractivity contribution >= 4 is 29.5 Å². The second-order valence-electron chi connectivity index (χ2n) is 5.35. The number of nitrogens with one attached hydrogen (secondary N) is 2. The summed E-state index contributed by atoms with van der Waals surface area (Å²) in [6.45, 7) is 6.79. The van der Waals surface area contributed by atoms with Crippen LogP contribution < -0.4 is 5.32 Å². The third-order valence-corrected chi connectivity index (χ3v) is 4.39.